The van der Waals surface area contributed by atoms with Crippen LogP contribution in [0.5, 0.6) is 11.5 Å². The lowest BCUT2D eigenvalue weighted by Crippen LogP contribution is -2.34. The van der Waals surface area contributed by atoms with E-state index < -0.39 is 24.4 Å². The molecule has 0 heterocycles. The highest BCUT2D eigenvalue weighted by Crippen LogP contribution is 2.26. The molecule has 1 N–H and O–H groups in total. The zero-order chi connectivity index (χ0) is 20.2. The average molecular weight is 385 g/mol. The number of imide groups is 1. The minimum atomic E-state index is -0.677. The summed E-state index contributed by atoms with van der Waals surface area (Å²) in [6.45, 7) is 2.21. The molecule has 0 fully saturated rings. The van der Waals surface area contributed by atoms with Crippen molar-refractivity contribution in [3.05, 3.63) is 60.2 Å². The van der Waals surface area contributed by atoms with Gasteiger partial charge in [0.1, 0.15) is 0 Å². The third-order valence-electron chi connectivity index (χ3n) is 3.58. The lowest BCUT2D eigenvalue weighted by Gasteiger charge is -2.11. The summed E-state index contributed by atoms with van der Waals surface area (Å²) in [6.07, 6.45) is 0.514. The van der Waals surface area contributed by atoms with Crippen LogP contribution in [0, 0.1) is 0 Å². The summed E-state index contributed by atoms with van der Waals surface area (Å²) in [5.74, 6) is -0.500. The number of rotatable bonds is 10. The Morgan fingerprint density at radius 1 is 0.893 bits per heavy atom. The Hall–Kier alpha value is -3.35. The highest BCUT2D eigenvalue weighted by molar-refractivity contribution is 6.05. The Morgan fingerprint density at radius 3 is 2.21 bits per heavy atom. The third-order valence-corrected chi connectivity index (χ3v) is 3.58. The van der Waals surface area contributed by atoms with Crippen LogP contribution in [0.15, 0.2) is 54.6 Å². The second-order valence-electron chi connectivity index (χ2n) is 5.74. The van der Waals surface area contributed by atoms with Gasteiger partial charge in [-0.2, -0.15) is 0 Å². The van der Waals surface area contributed by atoms with E-state index in [-0.39, 0.29) is 6.42 Å². The van der Waals surface area contributed by atoms with Crippen LogP contribution < -0.4 is 14.8 Å². The van der Waals surface area contributed by atoms with Crippen LogP contribution in [0.3, 0.4) is 0 Å². The number of amides is 2. The fourth-order valence-corrected chi connectivity index (χ4v) is 2.29. The van der Waals surface area contributed by atoms with E-state index in [1.807, 2.05) is 25.1 Å². The molecule has 2 rings (SSSR count). The highest BCUT2D eigenvalue weighted by atomic mass is 16.5. The van der Waals surface area contributed by atoms with Gasteiger partial charge in [-0.05, 0) is 37.6 Å². The summed E-state index contributed by atoms with van der Waals surface area (Å²) >= 11 is 0. The largest absolute Gasteiger partial charge is 0.490 e. The Kier molecular flexibility index (Phi) is 8.52. The van der Waals surface area contributed by atoms with Gasteiger partial charge in [-0.15, -0.1) is 0 Å². The number of benzene rings is 2. The molecule has 0 saturated heterocycles. The lowest BCUT2D eigenvalue weighted by molar-refractivity contribution is -0.148. The summed E-state index contributed by atoms with van der Waals surface area (Å²) in [7, 11) is 0. The van der Waals surface area contributed by atoms with Crippen molar-refractivity contribution in [3.63, 3.8) is 0 Å². The molecule has 0 aliphatic rings. The first-order chi connectivity index (χ1) is 13.6. The molecule has 2 aromatic carbocycles. The van der Waals surface area contributed by atoms with Crippen LogP contribution >= 0.6 is 0 Å². The maximum atomic E-state index is 11.8. The van der Waals surface area contributed by atoms with Gasteiger partial charge in [0.25, 0.3) is 11.8 Å². The molecule has 0 radical (unpaired) electrons. The minimum Gasteiger partial charge on any atom is -0.490 e. The molecule has 7 nitrogen and oxygen atoms in total. The van der Waals surface area contributed by atoms with Gasteiger partial charge in [0.15, 0.2) is 18.1 Å². The maximum absolute atomic E-state index is 11.8. The fraction of sp³-hybridized carbons (Fsp3) is 0.286. The van der Waals surface area contributed by atoms with E-state index in [2.05, 4.69) is 5.32 Å². The molecule has 0 atom stereocenters. The van der Waals surface area contributed by atoms with Gasteiger partial charge >= 0.3 is 5.97 Å². The van der Waals surface area contributed by atoms with Crippen LogP contribution in [0.25, 0.3) is 0 Å². The summed E-state index contributed by atoms with van der Waals surface area (Å²) < 4.78 is 15.9. The molecular formula is C21H23NO6. The maximum Gasteiger partial charge on any atom is 0.306 e. The van der Waals surface area contributed by atoms with Crippen molar-refractivity contribution in [3.8, 4) is 11.5 Å². The van der Waals surface area contributed by atoms with Crippen molar-refractivity contribution in [2.75, 3.05) is 19.8 Å². The average Bonchev–Trinajstić information content (AvgIpc) is 2.71. The van der Waals surface area contributed by atoms with Crippen LogP contribution in [0.2, 0.25) is 0 Å². The van der Waals surface area contributed by atoms with Gasteiger partial charge in [-0.3, -0.25) is 19.7 Å². The van der Waals surface area contributed by atoms with E-state index in [1.54, 1.807) is 36.4 Å². The van der Waals surface area contributed by atoms with Crippen molar-refractivity contribution in [1.82, 2.24) is 5.32 Å². The van der Waals surface area contributed by atoms with E-state index in [0.29, 0.717) is 36.7 Å². The number of esters is 1. The molecule has 0 spiro atoms. The molecule has 0 aliphatic heterocycles. The fourth-order valence-electron chi connectivity index (χ4n) is 2.29. The lowest BCUT2D eigenvalue weighted by atomic mass is 10.2. The van der Waals surface area contributed by atoms with Crippen molar-refractivity contribution < 1.29 is 28.6 Å². The molecule has 0 aromatic heterocycles. The Morgan fingerprint density at radius 2 is 1.54 bits per heavy atom. The first-order valence-electron chi connectivity index (χ1n) is 8.99. The van der Waals surface area contributed by atoms with Gasteiger partial charge < -0.3 is 14.2 Å². The number of hydrogen-bond donors (Lipinski definition) is 1. The molecule has 148 valence electrons. The second kappa shape index (κ2) is 11.4. The minimum absolute atomic E-state index is 0.0940. The van der Waals surface area contributed by atoms with Crippen molar-refractivity contribution in [2.45, 2.75) is 19.8 Å². The molecule has 2 amide bonds. The standard InChI is InChI=1S/C21H23NO6/c1-2-26-17-11-6-7-12-18(17)27-14-8-13-20(24)28-15-19(23)22-21(25)16-9-4-3-5-10-16/h3-7,9-12H,2,8,13-15H2,1H3,(H,22,23,25). The molecule has 0 unspecified atom stereocenters. The number of carbonyl (C=O) groups excluding carboxylic acids is 3. The Bertz CT molecular complexity index is 790. The first-order valence-corrected chi connectivity index (χ1v) is 8.99. The molecule has 7 heteroatoms. The SMILES string of the molecule is CCOc1ccccc1OCCCC(=O)OCC(=O)NC(=O)c1ccccc1. The number of hydrogen-bond acceptors (Lipinski definition) is 6. The van der Waals surface area contributed by atoms with Gasteiger partial charge in [0.05, 0.1) is 13.2 Å². The van der Waals surface area contributed by atoms with Gasteiger partial charge in [0, 0.05) is 12.0 Å². The molecule has 0 aliphatic carbocycles. The molecular weight excluding hydrogens is 362 g/mol. The highest BCUT2D eigenvalue weighted by Gasteiger charge is 2.12. The van der Waals surface area contributed by atoms with Crippen LogP contribution in [-0.2, 0) is 14.3 Å². The normalized spacial score (nSPS) is 10.0. The molecule has 2 aromatic rings. The quantitative estimate of drug-likeness (QED) is 0.500. The predicted octanol–water partition coefficient (Wildman–Crippen LogP) is 2.74. The number of nitrogens with one attached hydrogen (secondary N) is 1. The number of para-hydroxylation sites is 2. The molecule has 0 bridgehead atoms. The molecule has 0 saturated carbocycles. The second-order valence-corrected chi connectivity index (χ2v) is 5.74. The Labute approximate surface area is 163 Å². The summed E-state index contributed by atoms with van der Waals surface area (Å²) in [5, 5.41) is 2.16. The predicted molar refractivity (Wildman–Crippen MR) is 102 cm³/mol. The van der Waals surface area contributed by atoms with Crippen LogP contribution in [0.4, 0.5) is 0 Å². The van der Waals surface area contributed by atoms with Gasteiger partial charge in [-0.1, -0.05) is 30.3 Å². The van der Waals surface area contributed by atoms with Crippen molar-refractivity contribution >= 4 is 17.8 Å². The van der Waals surface area contributed by atoms with E-state index in [9.17, 15) is 14.4 Å². The third kappa shape index (κ3) is 7.11. The van der Waals surface area contributed by atoms with Gasteiger partial charge in [-0.25, -0.2) is 0 Å². The zero-order valence-corrected chi connectivity index (χ0v) is 15.7. The molecule has 28 heavy (non-hydrogen) atoms. The van der Waals surface area contributed by atoms with Crippen LogP contribution in [0.1, 0.15) is 30.1 Å². The van der Waals surface area contributed by atoms with E-state index in [4.69, 9.17) is 14.2 Å². The van der Waals surface area contributed by atoms with Crippen LogP contribution in [-0.4, -0.2) is 37.6 Å². The monoisotopic (exact) mass is 385 g/mol. The topological polar surface area (TPSA) is 90.9 Å². The van der Waals surface area contributed by atoms with E-state index in [0.717, 1.165) is 0 Å². The zero-order valence-electron chi connectivity index (χ0n) is 15.7. The smallest absolute Gasteiger partial charge is 0.306 e. The summed E-state index contributed by atoms with van der Waals surface area (Å²) in [6, 6.07) is 15.6. The number of ether oxygens (including phenoxy) is 3. The Balaban J connectivity index is 1.63. The van der Waals surface area contributed by atoms with Gasteiger partial charge in [0.2, 0.25) is 0 Å². The van der Waals surface area contributed by atoms with E-state index in [1.165, 1.54) is 0 Å². The summed E-state index contributed by atoms with van der Waals surface area (Å²) in [4.78, 5) is 35.2. The van der Waals surface area contributed by atoms with Crippen molar-refractivity contribution in [1.29, 1.82) is 0 Å². The van der Waals surface area contributed by atoms with Crippen molar-refractivity contribution in [2.24, 2.45) is 0 Å². The summed E-state index contributed by atoms with van der Waals surface area (Å²) in [5.41, 5.74) is 0.353. The first kappa shape index (κ1) is 21.0. The van der Waals surface area contributed by atoms with E-state index >= 15 is 0 Å². The number of carbonyl (C=O) groups is 3.